The number of nitrogens with zero attached hydrogens (tertiary/aromatic N) is 1. The number of allylic oxidation sites excluding steroid dienone is 3. The van der Waals surface area contributed by atoms with E-state index in [1.54, 1.807) is 0 Å². The van der Waals surface area contributed by atoms with Gasteiger partial charge in [-0.1, -0.05) is 309 Å². The van der Waals surface area contributed by atoms with Gasteiger partial charge in [0.25, 0.3) is 7.82 Å². The molecule has 3 atom stereocenters. The molecule has 0 aliphatic carbocycles. The number of esters is 1. The quantitative estimate of drug-likeness (QED) is 0.0212. The number of carbonyl (C=O) groups is 2. The van der Waals surface area contributed by atoms with Gasteiger partial charge < -0.3 is 28.5 Å². The van der Waals surface area contributed by atoms with Crippen molar-refractivity contribution in [2.75, 3.05) is 40.9 Å². The average molecular weight is 1140 g/mol. The predicted octanol–water partition coefficient (Wildman–Crippen LogP) is 21.0. The molecule has 0 aliphatic heterocycles. The minimum atomic E-state index is -4.70. The molecule has 0 aliphatic rings. The number of likely N-dealkylation sites (N-methyl/N-ethyl adjacent to an activating group) is 1. The summed E-state index contributed by atoms with van der Waals surface area (Å²) in [4.78, 5) is 40.1. The van der Waals surface area contributed by atoms with Crippen LogP contribution in [0, 0.1) is 0 Å². The van der Waals surface area contributed by atoms with Gasteiger partial charge in [-0.3, -0.25) is 14.2 Å². The van der Waals surface area contributed by atoms with Crippen LogP contribution in [0.5, 0.6) is 0 Å². The zero-order valence-corrected chi connectivity index (χ0v) is 54.5. The SMILES string of the molecule is CCCCCCCC/C=C/CCCCCCCCCCCCCCCCCC(=O)NC(COP(=O)([O-])OCC[N+](C)(C)C)C(/C=C\CCCCCCCCCCCCC)OC(=O)CCCCCCCCCCCCCCCCC. The van der Waals surface area contributed by atoms with E-state index >= 15 is 0 Å². The van der Waals surface area contributed by atoms with Crippen LogP contribution in [0.1, 0.15) is 355 Å². The van der Waals surface area contributed by atoms with Crippen LogP contribution >= 0.6 is 7.82 Å². The van der Waals surface area contributed by atoms with Gasteiger partial charge in [0.2, 0.25) is 5.91 Å². The van der Waals surface area contributed by atoms with E-state index in [1.807, 2.05) is 33.3 Å². The topological polar surface area (TPSA) is 114 Å². The molecule has 79 heavy (non-hydrogen) atoms. The fourth-order valence-electron chi connectivity index (χ4n) is 10.5. The monoisotopic (exact) mass is 1140 g/mol. The van der Waals surface area contributed by atoms with E-state index in [2.05, 4.69) is 38.2 Å². The fourth-order valence-corrected chi connectivity index (χ4v) is 11.2. The van der Waals surface area contributed by atoms with Crippen molar-refractivity contribution in [1.29, 1.82) is 0 Å². The van der Waals surface area contributed by atoms with Crippen molar-refractivity contribution >= 4 is 19.7 Å². The molecular weight excluding hydrogens is 1000 g/mol. The number of amides is 1. The van der Waals surface area contributed by atoms with E-state index in [0.29, 0.717) is 17.4 Å². The highest BCUT2D eigenvalue weighted by Gasteiger charge is 2.27. The van der Waals surface area contributed by atoms with E-state index in [9.17, 15) is 19.0 Å². The van der Waals surface area contributed by atoms with Gasteiger partial charge in [0.1, 0.15) is 19.3 Å². The first-order chi connectivity index (χ1) is 38.4. The van der Waals surface area contributed by atoms with Crippen molar-refractivity contribution < 1.29 is 37.3 Å². The van der Waals surface area contributed by atoms with Crippen molar-refractivity contribution in [3.63, 3.8) is 0 Å². The van der Waals surface area contributed by atoms with Gasteiger partial charge in [0, 0.05) is 12.8 Å². The first-order valence-electron chi connectivity index (χ1n) is 34.6. The largest absolute Gasteiger partial charge is 0.756 e. The standard InChI is InChI=1S/C69H135N2O7P/c1-7-10-13-16-19-22-25-28-30-31-32-33-34-35-36-37-38-39-41-43-46-49-52-55-58-61-68(72)70-66(65-77-79(74,75)76-64-63-71(4,5)6)67(60-57-54-51-48-45-42-27-24-21-18-15-12-9-3)78-69(73)62-59-56-53-50-47-44-40-29-26-23-20-17-14-11-8-2/h28,30,57,60,66-67H,7-27,29,31-56,58-59,61-65H2,1-6H3,(H-,70,72,74,75)/b30-28+,60-57-. The van der Waals surface area contributed by atoms with Crippen molar-refractivity contribution in [2.45, 2.75) is 367 Å². The number of nitrogens with one attached hydrogen (secondary N) is 1. The number of rotatable bonds is 64. The van der Waals surface area contributed by atoms with Crippen LogP contribution in [-0.2, 0) is 27.9 Å². The molecule has 10 heteroatoms. The third-order valence-corrected chi connectivity index (χ3v) is 16.8. The normalized spacial score (nSPS) is 13.7. The van der Waals surface area contributed by atoms with Gasteiger partial charge in [0.05, 0.1) is 33.8 Å². The lowest BCUT2D eigenvalue weighted by atomic mass is 10.0. The molecule has 0 heterocycles. The Balaban J connectivity index is 5.05. The summed E-state index contributed by atoms with van der Waals surface area (Å²) >= 11 is 0. The van der Waals surface area contributed by atoms with Crippen molar-refractivity contribution in [2.24, 2.45) is 0 Å². The first kappa shape index (κ1) is 77.5. The zero-order chi connectivity index (χ0) is 57.9. The van der Waals surface area contributed by atoms with Crippen LogP contribution in [0.4, 0.5) is 0 Å². The Morgan fingerprint density at radius 1 is 0.430 bits per heavy atom. The predicted molar refractivity (Wildman–Crippen MR) is 340 cm³/mol. The highest BCUT2D eigenvalue weighted by atomic mass is 31.2. The molecule has 0 spiro atoms. The number of phosphoric acid groups is 1. The average Bonchev–Trinajstić information content (AvgIpc) is 3.41. The molecule has 0 fully saturated rings. The van der Waals surface area contributed by atoms with Gasteiger partial charge >= 0.3 is 5.97 Å². The maximum atomic E-state index is 13.6. The number of ether oxygens (including phenoxy) is 1. The number of phosphoric ester groups is 1. The summed E-state index contributed by atoms with van der Waals surface area (Å²) in [6.07, 6.45) is 71.5. The third-order valence-electron chi connectivity index (χ3n) is 15.9. The Bertz CT molecular complexity index is 1400. The summed E-state index contributed by atoms with van der Waals surface area (Å²) in [5.41, 5.74) is 0. The molecule has 468 valence electrons. The van der Waals surface area contributed by atoms with E-state index in [4.69, 9.17) is 13.8 Å². The minimum Gasteiger partial charge on any atom is -0.756 e. The van der Waals surface area contributed by atoms with Gasteiger partial charge in [0.15, 0.2) is 0 Å². The molecule has 0 saturated heterocycles. The van der Waals surface area contributed by atoms with Crippen LogP contribution in [0.3, 0.4) is 0 Å². The fraction of sp³-hybridized carbons (Fsp3) is 0.913. The Hall–Kier alpha value is -1.51. The smallest absolute Gasteiger partial charge is 0.306 e. The Morgan fingerprint density at radius 2 is 0.734 bits per heavy atom. The molecular formula is C69H135N2O7P. The van der Waals surface area contributed by atoms with E-state index in [-0.39, 0.29) is 31.5 Å². The second-order valence-corrected chi connectivity index (χ2v) is 26.5. The highest BCUT2D eigenvalue weighted by molar-refractivity contribution is 7.45. The molecule has 0 aromatic heterocycles. The molecule has 0 saturated carbocycles. The van der Waals surface area contributed by atoms with Crippen molar-refractivity contribution in [1.82, 2.24) is 5.32 Å². The number of quaternary nitrogens is 1. The van der Waals surface area contributed by atoms with Gasteiger partial charge in [-0.15, -0.1) is 0 Å². The van der Waals surface area contributed by atoms with Crippen LogP contribution < -0.4 is 10.2 Å². The lowest BCUT2D eigenvalue weighted by Crippen LogP contribution is -2.47. The molecule has 1 N–H and O–H groups in total. The molecule has 0 rings (SSSR count). The maximum Gasteiger partial charge on any atom is 0.306 e. The van der Waals surface area contributed by atoms with E-state index in [1.165, 1.54) is 263 Å². The number of unbranched alkanes of at least 4 members (excludes halogenated alkanes) is 46. The minimum absolute atomic E-state index is 0.0179. The zero-order valence-electron chi connectivity index (χ0n) is 53.6. The number of carbonyl (C=O) groups excluding carboxylic acids is 2. The van der Waals surface area contributed by atoms with Crippen LogP contribution in [-0.4, -0.2) is 69.4 Å². The van der Waals surface area contributed by atoms with Crippen molar-refractivity contribution in [3.05, 3.63) is 24.3 Å². The van der Waals surface area contributed by atoms with Crippen LogP contribution in [0.15, 0.2) is 24.3 Å². The molecule has 0 bridgehead atoms. The van der Waals surface area contributed by atoms with Crippen LogP contribution in [0.2, 0.25) is 0 Å². The van der Waals surface area contributed by atoms with Crippen LogP contribution in [0.25, 0.3) is 0 Å². The molecule has 0 aromatic rings. The number of hydrogen-bond donors (Lipinski definition) is 1. The molecule has 0 radical (unpaired) electrons. The molecule has 9 nitrogen and oxygen atoms in total. The Labute approximate surface area is 492 Å². The second-order valence-electron chi connectivity index (χ2n) is 25.0. The van der Waals surface area contributed by atoms with Gasteiger partial charge in [-0.05, 0) is 57.4 Å². The molecule has 1 amide bonds. The second kappa shape index (κ2) is 59.6. The van der Waals surface area contributed by atoms with E-state index < -0.39 is 20.0 Å². The van der Waals surface area contributed by atoms with E-state index in [0.717, 1.165) is 57.8 Å². The lowest BCUT2D eigenvalue weighted by molar-refractivity contribution is -0.870. The van der Waals surface area contributed by atoms with Gasteiger partial charge in [-0.25, -0.2) is 0 Å². The Morgan fingerprint density at radius 3 is 1.08 bits per heavy atom. The van der Waals surface area contributed by atoms with Gasteiger partial charge in [-0.2, -0.15) is 0 Å². The lowest BCUT2D eigenvalue weighted by Gasteiger charge is -2.30. The summed E-state index contributed by atoms with van der Waals surface area (Å²) in [7, 11) is 1.21. The Kier molecular flexibility index (Phi) is 58.5. The maximum absolute atomic E-state index is 13.6. The summed E-state index contributed by atoms with van der Waals surface area (Å²) in [6.45, 7) is 6.90. The summed E-state index contributed by atoms with van der Waals surface area (Å²) in [6, 6.07) is -0.882. The summed E-state index contributed by atoms with van der Waals surface area (Å²) in [5, 5.41) is 3.05. The first-order valence-corrected chi connectivity index (χ1v) is 36.1. The highest BCUT2D eigenvalue weighted by Crippen LogP contribution is 2.38. The summed E-state index contributed by atoms with van der Waals surface area (Å²) < 4.78 is 30.4. The third kappa shape index (κ3) is 60.9. The molecule has 3 unspecified atom stereocenters. The molecule has 0 aromatic carbocycles. The summed E-state index contributed by atoms with van der Waals surface area (Å²) in [5.74, 6) is -0.519. The van der Waals surface area contributed by atoms with Crippen molar-refractivity contribution in [3.8, 4) is 0 Å². The number of hydrogen-bond acceptors (Lipinski definition) is 7.